The van der Waals surface area contributed by atoms with Crippen LogP contribution in [0.25, 0.3) is 11.4 Å². The molecule has 0 aliphatic heterocycles. The number of aryl methyl sites for hydroxylation is 1. The molecule has 166 valence electrons. The molecule has 32 heavy (non-hydrogen) atoms. The van der Waals surface area contributed by atoms with Crippen molar-refractivity contribution >= 4 is 17.5 Å². The number of nitrogens with zero attached hydrogens (tertiary/aromatic N) is 3. The van der Waals surface area contributed by atoms with Crippen LogP contribution in [0.5, 0.6) is 5.75 Å². The van der Waals surface area contributed by atoms with Gasteiger partial charge in [-0.05, 0) is 26.0 Å². The standard InChI is InChI=1S/C21H21N5O6/c1-13-6-8-15(9-7-13)31-12-18(27)22-10-11-23-20(28)21-24-19(25-32-21)16-4-3-5-17(14(16)2)26(29)30/h3-9H,10-12H2,1-2H3,(H,22,27)(H,23,28). The Hall–Kier alpha value is -4.28. The highest BCUT2D eigenvalue weighted by Gasteiger charge is 2.20. The monoisotopic (exact) mass is 439 g/mol. The summed E-state index contributed by atoms with van der Waals surface area (Å²) >= 11 is 0. The van der Waals surface area contributed by atoms with Crippen LogP contribution in [-0.2, 0) is 4.79 Å². The highest BCUT2D eigenvalue weighted by Crippen LogP contribution is 2.27. The smallest absolute Gasteiger partial charge is 0.316 e. The van der Waals surface area contributed by atoms with Crippen LogP contribution in [0, 0.1) is 24.0 Å². The fourth-order valence-electron chi connectivity index (χ4n) is 2.78. The Morgan fingerprint density at radius 2 is 1.81 bits per heavy atom. The zero-order chi connectivity index (χ0) is 23.1. The van der Waals surface area contributed by atoms with Gasteiger partial charge in [-0.3, -0.25) is 19.7 Å². The number of nitro benzene ring substituents is 1. The van der Waals surface area contributed by atoms with Gasteiger partial charge in [0.05, 0.1) is 4.92 Å². The molecule has 0 atom stereocenters. The maximum Gasteiger partial charge on any atom is 0.316 e. The molecular weight excluding hydrogens is 418 g/mol. The second-order valence-corrected chi connectivity index (χ2v) is 6.84. The van der Waals surface area contributed by atoms with Crippen molar-refractivity contribution < 1.29 is 23.8 Å². The van der Waals surface area contributed by atoms with Crippen LogP contribution in [0.1, 0.15) is 21.8 Å². The van der Waals surface area contributed by atoms with Gasteiger partial charge in [-0.15, -0.1) is 0 Å². The number of hydrogen-bond acceptors (Lipinski definition) is 8. The first-order valence-corrected chi connectivity index (χ1v) is 9.67. The molecule has 1 aromatic heterocycles. The number of carbonyl (C=O) groups is 2. The van der Waals surface area contributed by atoms with Crippen LogP contribution in [0.15, 0.2) is 47.0 Å². The normalized spacial score (nSPS) is 10.4. The van der Waals surface area contributed by atoms with Crippen molar-refractivity contribution in [3.8, 4) is 17.1 Å². The van der Waals surface area contributed by atoms with Crippen LogP contribution in [-0.4, -0.2) is 46.6 Å². The van der Waals surface area contributed by atoms with E-state index in [1.54, 1.807) is 25.1 Å². The molecule has 0 saturated carbocycles. The van der Waals surface area contributed by atoms with Crippen molar-refractivity contribution in [1.29, 1.82) is 0 Å². The van der Waals surface area contributed by atoms with Gasteiger partial charge in [0.15, 0.2) is 6.61 Å². The lowest BCUT2D eigenvalue weighted by Crippen LogP contribution is -2.36. The number of rotatable bonds is 9. The van der Waals surface area contributed by atoms with Gasteiger partial charge in [0.1, 0.15) is 5.75 Å². The Labute approximate surface area is 182 Å². The largest absolute Gasteiger partial charge is 0.484 e. The van der Waals surface area contributed by atoms with E-state index in [4.69, 9.17) is 9.26 Å². The molecule has 1 heterocycles. The number of nitrogens with one attached hydrogen (secondary N) is 2. The van der Waals surface area contributed by atoms with Crippen LogP contribution < -0.4 is 15.4 Å². The topological polar surface area (TPSA) is 149 Å². The Morgan fingerprint density at radius 1 is 1.09 bits per heavy atom. The minimum absolute atomic E-state index is 0.0675. The number of nitro groups is 1. The molecule has 0 saturated heterocycles. The summed E-state index contributed by atoms with van der Waals surface area (Å²) in [6.45, 7) is 3.67. The zero-order valence-electron chi connectivity index (χ0n) is 17.5. The molecule has 0 fully saturated rings. The molecule has 3 rings (SSSR count). The van der Waals surface area contributed by atoms with E-state index < -0.39 is 10.8 Å². The predicted molar refractivity (Wildman–Crippen MR) is 113 cm³/mol. The first-order chi connectivity index (χ1) is 15.3. The van der Waals surface area contributed by atoms with Gasteiger partial charge in [0, 0.05) is 30.3 Å². The van der Waals surface area contributed by atoms with Gasteiger partial charge in [-0.1, -0.05) is 35.0 Å². The van der Waals surface area contributed by atoms with Gasteiger partial charge in [0.2, 0.25) is 5.82 Å². The van der Waals surface area contributed by atoms with Crippen molar-refractivity contribution in [3.05, 3.63) is 69.6 Å². The third kappa shape index (κ3) is 5.65. The lowest BCUT2D eigenvalue weighted by atomic mass is 10.1. The van der Waals surface area contributed by atoms with E-state index >= 15 is 0 Å². The Bertz CT molecular complexity index is 1130. The summed E-state index contributed by atoms with van der Waals surface area (Å²) in [5.41, 5.74) is 1.76. The summed E-state index contributed by atoms with van der Waals surface area (Å²) < 4.78 is 10.3. The summed E-state index contributed by atoms with van der Waals surface area (Å²) in [4.78, 5) is 38.6. The van der Waals surface area contributed by atoms with Gasteiger partial charge in [-0.25, -0.2) is 0 Å². The van der Waals surface area contributed by atoms with Crippen LogP contribution in [0.3, 0.4) is 0 Å². The summed E-state index contributed by atoms with van der Waals surface area (Å²) in [5.74, 6) is -0.596. The fourth-order valence-corrected chi connectivity index (χ4v) is 2.78. The van der Waals surface area contributed by atoms with Crippen molar-refractivity contribution in [2.24, 2.45) is 0 Å². The van der Waals surface area contributed by atoms with E-state index in [0.717, 1.165) is 5.56 Å². The first kappa shape index (κ1) is 22.4. The van der Waals surface area contributed by atoms with Crippen molar-refractivity contribution in [2.45, 2.75) is 13.8 Å². The third-order valence-electron chi connectivity index (χ3n) is 4.49. The lowest BCUT2D eigenvalue weighted by molar-refractivity contribution is -0.385. The van der Waals surface area contributed by atoms with Crippen molar-refractivity contribution in [3.63, 3.8) is 0 Å². The van der Waals surface area contributed by atoms with Gasteiger partial charge in [-0.2, -0.15) is 4.98 Å². The Balaban J connectivity index is 1.45. The Morgan fingerprint density at radius 3 is 2.53 bits per heavy atom. The quantitative estimate of drug-likeness (QED) is 0.293. The first-order valence-electron chi connectivity index (χ1n) is 9.67. The minimum Gasteiger partial charge on any atom is -0.484 e. The molecule has 11 heteroatoms. The summed E-state index contributed by atoms with van der Waals surface area (Å²) in [5, 5.41) is 20.0. The van der Waals surface area contributed by atoms with Crippen LogP contribution >= 0.6 is 0 Å². The maximum atomic E-state index is 12.2. The molecule has 2 N–H and O–H groups in total. The van der Waals surface area contributed by atoms with Crippen molar-refractivity contribution in [1.82, 2.24) is 20.8 Å². The molecule has 0 aliphatic carbocycles. The van der Waals surface area contributed by atoms with E-state index in [-0.39, 0.29) is 43.0 Å². The average Bonchev–Trinajstić information content (AvgIpc) is 3.26. The maximum absolute atomic E-state index is 12.2. The van der Waals surface area contributed by atoms with Crippen molar-refractivity contribution in [2.75, 3.05) is 19.7 Å². The second kappa shape index (κ2) is 10.2. The van der Waals surface area contributed by atoms with Gasteiger partial charge < -0.3 is 19.9 Å². The van der Waals surface area contributed by atoms with E-state index in [9.17, 15) is 19.7 Å². The molecule has 0 aliphatic rings. The molecule has 3 aromatic rings. The number of hydrogen-bond donors (Lipinski definition) is 2. The van der Waals surface area contributed by atoms with Crippen LogP contribution in [0.2, 0.25) is 0 Å². The molecule has 2 aromatic carbocycles. The van der Waals surface area contributed by atoms with E-state index in [1.807, 2.05) is 19.1 Å². The van der Waals surface area contributed by atoms with Crippen LogP contribution in [0.4, 0.5) is 5.69 Å². The molecule has 0 unspecified atom stereocenters. The summed E-state index contributed by atoms with van der Waals surface area (Å²) in [6, 6.07) is 11.8. The van der Waals surface area contributed by atoms with Gasteiger partial charge >= 0.3 is 11.8 Å². The van der Waals surface area contributed by atoms with Gasteiger partial charge in [0.25, 0.3) is 11.6 Å². The highest BCUT2D eigenvalue weighted by molar-refractivity contribution is 5.90. The molecule has 0 bridgehead atoms. The molecule has 2 amide bonds. The number of ether oxygens (including phenoxy) is 1. The van der Waals surface area contributed by atoms with E-state index in [0.29, 0.717) is 16.9 Å². The summed E-state index contributed by atoms with van der Waals surface area (Å²) in [7, 11) is 0. The minimum atomic E-state index is -0.628. The van der Waals surface area contributed by atoms with E-state index in [2.05, 4.69) is 20.8 Å². The molecule has 11 nitrogen and oxygen atoms in total. The number of aromatic nitrogens is 2. The predicted octanol–water partition coefficient (Wildman–Crippen LogP) is 2.19. The lowest BCUT2D eigenvalue weighted by Gasteiger charge is -2.08. The number of amides is 2. The average molecular weight is 439 g/mol. The number of carbonyl (C=O) groups excluding carboxylic acids is 2. The fraction of sp³-hybridized carbons (Fsp3) is 0.238. The Kier molecular flexibility index (Phi) is 7.11. The highest BCUT2D eigenvalue weighted by atomic mass is 16.6. The molecule has 0 radical (unpaired) electrons. The SMILES string of the molecule is Cc1ccc(OCC(=O)NCCNC(=O)c2nc(-c3cccc([N+](=O)[O-])c3C)no2)cc1. The molecule has 0 spiro atoms. The molecular formula is C21H21N5O6. The summed E-state index contributed by atoms with van der Waals surface area (Å²) in [6.07, 6.45) is 0. The third-order valence-corrected chi connectivity index (χ3v) is 4.49. The second-order valence-electron chi connectivity index (χ2n) is 6.84. The van der Waals surface area contributed by atoms with E-state index in [1.165, 1.54) is 12.1 Å². The zero-order valence-corrected chi connectivity index (χ0v) is 17.5. The number of benzene rings is 2.